The molecule has 4 unspecified atom stereocenters. The zero-order valence-corrected chi connectivity index (χ0v) is 12.7. The summed E-state index contributed by atoms with van der Waals surface area (Å²) in [6.45, 7) is 7.36. The van der Waals surface area contributed by atoms with Crippen LogP contribution in [0.5, 0.6) is 0 Å². The van der Waals surface area contributed by atoms with E-state index in [2.05, 4.69) is 12.2 Å². The lowest BCUT2D eigenvalue weighted by molar-refractivity contribution is -0.149. The summed E-state index contributed by atoms with van der Waals surface area (Å²) < 4.78 is 5.69. The van der Waals surface area contributed by atoms with E-state index in [9.17, 15) is 9.59 Å². The van der Waals surface area contributed by atoms with Gasteiger partial charge in [-0.15, -0.1) is 0 Å². The monoisotopic (exact) mass is 282 g/mol. The fourth-order valence-electron chi connectivity index (χ4n) is 3.22. The summed E-state index contributed by atoms with van der Waals surface area (Å²) in [6, 6.07) is -0.709. The number of amides is 2. The first-order valence-electron chi connectivity index (χ1n) is 7.80. The van der Waals surface area contributed by atoms with Crippen LogP contribution in [0, 0.1) is 5.92 Å². The third-order valence-electron chi connectivity index (χ3n) is 4.50. The molecule has 2 fully saturated rings. The first-order valence-corrected chi connectivity index (χ1v) is 7.80. The van der Waals surface area contributed by atoms with Gasteiger partial charge in [-0.3, -0.25) is 9.59 Å². The highest BCUT2D eigenvalue weighted by Crippen LogP contribution is 2.26. The molecule has 20 heavy (non-hydrogen) atoms. The van der Waals surface area contributed by atoms with Crippen LogP contribution in [0.3, 0.4) is 0 Å². The van der Waals surface area contributed by atoms with Gasteiger partial charge in [-0.1, -0.05) is 20.3 Å². The van der Waals surface area contributed by atoms with Gasteiger partial charge < -0.3 is 15.0 Å². The second kappa shape index (κ2) is 6.57. The highest BCUT2D eigenvalue weighted by Gasteiger charge is 2.40. The third kappa shape index (κ3) is 2.97. The van der Waals surface area contributed by atoms with Crippen LogP contribution in [-0.4, -0.2) is 48.1 Å². The average Bonchev–Trinajstić information content (AvgIpc) is 2.88. The molecule has 2 aliphatic rings. The van der Waals surface area contributed by atoms with Crippen molar-refractivity contribution in [2.75, 3.05) is 13.2 Å². The Morgan fingerprint density at radius 3 is 2.75 bits per heavy atom. The summed E-state index contributed by atoms with van der Waals surface area (Å²) in [4.78, 5) is 26.3. The normalized spacial score (nSPS) is 34.5. The molecule has 0 aromatic carbocycles. The Labute approximate surface area is 121 Å². The number of piperazine rings is 1. The SMILES string of the molecule is CCCC1NC(=O)C(C)N(CC2CCOC2CC)C1=O. The maximum atomic E-state index is 12.5. The maximum absolute atomic E-state index is 12.5. The molecule has 2 saturated heterocycles. The Kier molecular flexibility index (Phi) is 5.02. The molecule has 5 heteroatoms. The van der Waals surface area contributed by atoms with Crippen LogP contribution in [0.15, 0.2) is 0 Å². The van der Waals surface area contributed by atoms with E-state index in [4.69, 9.17) is 4.74 Å². The van der Waals surface area contributed by atoms with Crippen molar-refractivity contribution in [1.29, 1.82) is 0 Å². The average molecular weight is 282 g/mol. The van der Waals surface area contributed by atoms with Crippen LogP contribution < -0.4 is 5.32 Å². The number of nitrogens with one attached hydrogen (secondary N) is 1. The van der Waals surface area contributed by atoms with Crippen molar-refractivity contribution in [2.45, 2.75) is 64.6 Å². The molecule has 0 bridgehead atoms. The van der Waals surface area contributed by atoms with Crippen LogP contribution >= 0.6 is 0 Å². The number of hydrogen-bond donors (Lipinski definition) is 1. The molecule has 2 rings (SSSR count). The molecular formula is C15H26N2O3. The van der Waals surface area contributed by atoms with Crippen LogP contribution in [0.4, 0.5) is 0 Å². The minimum atomic E-state index is -0.367. The number of carbonyl (C=O) groups excluding carboxylic acids is 2. The lowest BCUT2D eigenvalue weighted by Gasteiger charge is -2.39. The summed E-state index contributed by atoms with van der Waals surface area (Å²) in [5.74, 6) is 0.398. The fourth-order valence-corrected chi connectivity index (χ4v) is 3.22. The lowest BCUT2D eigenvalue weighted by Crippen LogP contribution is -2.63. The highest BCUT2D eigenvalue weighted by molar-refractivity contribution is 5.96. The van der Waals surface area contributed by atoms with E-state index >= 15 is 0 Å². The molecule has 2 aliphatic heterocycles. The number of hydrogen-bond acceptors (Lipinski definition) is 3. The van der Waals surface area contributed by atoms with Gasteiger partial charge in [-0.2, -0.15) is 0 Å². The van der Waals surface area contributed by atoms with E-state index in [1.54, 1.807) is 4.90 Å². The van der Waals surface area contributed by atoms with Gasteiger partial charge in [0.1, 0.15) is 12.1 Å². The van der Waals surface area contributed by atoms with E-state index in [0.717, 1.165) is 25.9 Å². The van der Waals surface area contributed by atoms with Gasteiger partial charge in [0.25, 0.3) is 0 Å². The van der Waals surface area contributed by atoms with Crippen LogP contribution in [0.1, 0.15) is 46.5 Å². The molecule has 0 aromatic heterocycles. The second-order valence-electron chi connectivity index (χ2n) is 5.88. The Morgan fingerprint density at radius 2 is 2.10 bits per heavy atom. The topological polar surface area (TPSA) is 58.6 Å². The minimum absolute atomic E-state index is 0.0324. The summed E-state index contributed by atoms with van der Waals surface area (Å²) in [5, 5.41) is 2.84. The highest BCUT2D eigenvalue weighted by atomic mass is 16.5. The van der Waals surface area contributed by atoms with Gasteiger partial charge in [0.2, 0.25) is 11.8 Å². The van der Waals surface area contributed by atoms with E-state index < -0.39 is 0 Å². The van der Waals surface area contributed by atoms with Gasteiger partial charge >= 0.3 is 0 Å². The number of ether oxygens (including phenoxy) is 1. The quantitative estimate of drug-likeness (QED) is 0.827. The smallest absolute Gasteiger partial charge is 0.245 e. The molecule has 0 aliphatic carbocycles. The van der Waals surface area contributed by atoms with Crippen molar-refractivity contribution in [3.8, 4) is 0 Å². The largest absolute Gasteiger partial charge is 0.378 e. The van der Waals surface area contributed by atoms with E-state index in [0.29, 0.717) is 18.9 Å². The molecular weight excluding hydrogens is 256 g/mol. The third-order valence-corrected chi connectivity index (χ3v) is 4.50. The van der Waals surface area contributed by atoms with Crippen molar-refractivity contribution in [3.63, 3.8) is 0 Å². The maximum Gasteiger partial charge on any atom is 0.245 e. The predicted octanol–water partition coefficient (Wildman–Crippen LogP) is 1.32. The Morgan fingerprint density at radius 1 is 1.35 bits per heavy atom. The summed E-state index contributed by atoms with van der Waals surface area (Å²) >= 11 is 0. The van der Waals surface area contributed by atoms with Gasteiger partial charge in [0.05, 0.1) is 6.10 Å². The Hall–Kier alpha value is -1.10. The lowest BCUT2D eigenvalue weighted by atomic mass is 9.96. The Bertz CT molecular complexity index is 372. The van der Waals surface area contributed by atoms with Gasteiger partial charge in [-0.25, -0.2) is 0 Å². The molecule has 0 spiro atoms. The second-order valence-corrected chi connectivity index (χ2v) is 5.88. The summed E-state index contributed by atoms with van der Waals surface area (Å²) in [7, 11) is 0. The van der Waals surface area contributed by atoms with Crippen molar-refractivity contribution in [1.82, 2.24) is 10.2 Å². The minimum Gasteiger partial charge on any atom is -0.378 e. The van der Waals surface area contributed by atoms with Crippen molar-refractivity contribution in [3.05, 3.63) is 0 Å². The van der Waals surface area contributed by atoms with Crippen molar-refractivity contribution >= 4 is 11.8 Å². The van der Waals surface area contributed by atoms with Gasteiger partial charge in [0.15, 0.2) is 0 Å². The Balaban J connectivity index is 2.06. The molecule has 0 radical (unpaired) electrons. The summed E-state index contributed by atoms with van der Waals surface area (Å²) in [5.41, 5.74) is 0. The molecule has 4 atom stereocenters. The predicted molar refractivity (Wildman–Crippen MR) is 76.2 cm³/mol. The number of carbonyl (C=O) groups is 2. The van der Waals surface area contributed by atoms with E-state index in [1.807, 2.05) is 13.8 Å². The zero-order chi connectivity index (χ0) is 14.7. The molecule has 114 valence electrons. The van der Waals surface area contributed by atoms with Crippen molar-refractivity contribution < 1.29 is 14.3 Å². The molecule has 0 aromatic rings. The van der Waals surface area contributed by atoms with Gasteiger partial charge in [-0.05, 0) is 26.2 Å². The zero-order valence-electron chi connectivity index (χ0n) is 12.7. The molecule has 0 saturated carbocycles. The van der Waals surface area contributed by atoms with Crippen molar-refractivity contribution in [2.24, 2.45) is 5.92 Å². The standard InChI is InChI=1S/C15H26N2O3/c1-4-6-12-15(19)17(10(3)14(18)16-12)9-11-7-8-20-13(11)5-2/h10-13H,4-9H2,1-3H3,(H,16,18). The first kappa shape index (κ1) is 15.3. The number of rotatable bonds is 5. The number of nitrogens with zero attached hydrogens (tertiary/aromatic N) is 1. The molecule has 2 heterocycles. The molecule has 5 nitrogen and oxygen atoms in total. The molecule has 1 N–H and O–H groups in total. The van der Waals surface area contributed by atoms with E-state index in [1.165, 1.54) is 0 Å². The molecule has 2 amide bonds. The summed E-state index contributed by atoms with van der Waals surface area (Å²) in [6.07, 6.45) is 3.78. The van der Waals surface area contributed by atoms with E-state index in [-0.39, 0.29) is 30.0 Å². The van der Waals surface area contributed by atoms with Crippen LogP contribution in [-0.2, 0) is 14.3 Å². The van der Waals surface area contributed by atoms with Crippen LogP contribution in [0.2, 0.25) is 0 Å². The van der Waals surface area contributed by atoms with Crippen LogP contribution in [0.25, 0.3) is 0 Å². The van der Waals surface area contributed by atoms with Gasteiger partial charge in [0, 0.05) is 19.1 Å². The first-order chi connectivity index (χ1) is 9.58. The fraction of sp³-hybridized carbons (Fsp3) is 0.867.